The summed E-state index contributed by atoms with van der Waals surface area (Å²) in [6.45, 7) is 1.68. The van der Waals surface area contributed by atoms with Crippen molar-refractivity contribution in [2.45, 2.75) is 23.2 Å². The van der Waals surface area contributed by atoms with E-state index in [4.69, 9.17) is 11.6 Å². The number of nitrogens with zero attached hydrogens (tertiary/aromatic N) is 1. The van der Waals surface area contributed by atoms with E-state index in [0.717, 1.165) is 23.9 Å². The summed E-state index contributed by atoms with van der Waals surface area (Å²) in [5.41, 5.74) is -1.58. The molecule has 1 unspecified atom stereocenters. The molecule has 0 spiro atoms. The number of thioether (sulfide) groups is 1. The van der Waals surface area contributed by atoms with E-state index >= 15 is 0 Å². The molecular weight excluding hydrogens is 291 g/mol. The Kier molecular flexibility index (Phi) is 4.86. The summed E-state index contributed by atoms with van der Waals surface area (Å²) in [4.78, 5) is 9.57. The lowest BCUT2D eigenvalue weighted by molar-refractivity contribution is -0.385. The first-order valence-electron chi connectivity index (χ1n) is 4.84. The predicted molar refractivity (Wildman–Crippen MR) is 64.1 cm³/mol. The number of non-ortho nitro benzene ring substituents is 1. The largest absolute Gasteiger partial charge is 0.417 e. The third kappa shape index (κ3) is 3.78. The molecule has 0 N–H and O–H groups in total. The molecule has 1 aromatic rings. The Morgan fingerprint density at radius 2 is 2.11 bits per heavy atom. The molecule has 0 saturated carbocycles. The summed E-state index contributed by atoms with van der Waals surface area (Å²) in [6.07, 6.45) is -4.62. The molecule has 8 heteroatoms. The molecule has 3 nitrogen and oxygen atoms in total. The van der Waals surface area contributed by atoms with Crippen LogP contribution in [0.5, 0.6) is 0 Å². The van der Waals surface area contributed by atoms with Gasteiger partial charge in [0.25, 0.3) is 5.69 Å². The first kappa shape index (κ1) is 15.1. The van der Waals surface area contributed by atoms with Crippen LogP contribution in [0.4, 0.5) is 18.9 Å². The van der Waals surface area contributed by atoms with Crippen molar-refractivity contribution < 1.29 is 18.1 Å². The first-order chi connectivity index (χ1) is 8.25. The molecular formula is C10H9ClF3NO2S. The fourth-order valence-electron chi connectivity index (χ4n) is 1.20. The maximum absolute atomic E-state index is 12.8. The molecule has 0 amide bonds. The standard InChI is InChI=1S/C10H9ClF3NO2S/c1-6(5-11)18-9-3-2-7(15(16)17)4-8(9)10(12,13)14/h2-4,6H,5H2,1H3. The van der Waals surface area contributed by atoms with Crippen molar-refractivity contribution in [2.75, 3.05) is 5.88 Å². The molecule has 1 rings (SSSR count). The first-order valence-corrected chi connectivity index (χ1v) is 6.25. The number of hydrogen-bond donors (Lipinski definition) is 0. The second-order valence-corrected chi connectivity index (χ2v) is 5.31. The van der Waals surface area contributed by atoms with E-state index in [9.17, 15) is 23.3 Å². The van der Waals surface area contributed by atoms with E-state index in [-0.39, 0.29) is 16.0 Å². The zero-order chi connectivity index (χ0) is 13.9. The van der Waals surface area contributed by atoms with Crippen LogP contribution >= 0.6 is 23.4 Å². The van der Waals surface area contributed by atoms with E-state index in [2.05, 4.69) is 0 Å². The molecule has 18 heavy (non-hydrogen) atoms. The summed E-state index contributed by atoms with van der Waals surface area (Å²) in [6, 6.07) is 2.70. The summed E-state index contributed by atoms with van der Waals surface area (Å²) in [5, 5.41) is 10.3. The van der Waals surface area contributed by atoms with E-state index in [0.29, 0.717) is 6.07 Å². The maximum atomic E-state index is 12.8. The second-order valence-electron chi connectivity index (χ2n) is 3.52. The number of nitro groups is 1. The van der Waals surface area contributed by atoms with Crippen molar-refractivity contribution in [1.29, 1.82) is 0 Å². The highest BCUT2D eigenvalue weighted by atomic mass is 35.5. The minimum atomic E-state index is -4.62. The third-order valence-corrected chi connectivity index (χ3v) is 3.85. The Labute approximate surface area is 110 Å². The zero-order valence-electron chi connectivity index (χ0n) is 9.20. The lowest BCUT2D eigenvalue weighted by Crippen LogP contribution is -2.09. The molecule has 0 heterocycles. The van der Waals surface area contributed by atoms with Crippen LogP contribution in [0.3, 0.4) is 0 Å². The molecule has 100 valence electrons. The van der Waals surface area contributed by atoms with Gasteiger partial charge >= 0.3 is 6.18 Å². The molecule has 1 atom stereocenters. The maximum Gasteiger partial charge on any atom is 0.417 e. The van der Waals surface area contributed by atoms with Crippen LogP contribution in [0.2, 0.25) is 0 Å². The zero-order valence-corrected chi connectivity index (χ0v) is 10.8. The van der Waals surface area contributed by atoms with E-state index in [1.807, 2.05) is 0 Å². The average molecular weight is 300 g/mol. The fourth-order valence-corrected chi connectivity index (χ4v) is 2.34. The van der Waals surface area contributed by atoms with Crippen LogP contribution in [-0.2, 0) is 6.18 Å². The van der Waals surface area contributed by atoms with Crippen molar-refractivity contribution in [1.82, 2.24) is 0 Å². The Morgan fingerprint density at radius 3 is 2.56 bits per heavy atom. The van der Waals surface area contributed by atoms with Gasteiger partial charge in [0.05, 0.1) is 10.5 Å². The average Bonchev–Trinajstić information content (AvgIpc) is 2.27. The lowest BCUT2D eigenvalue weighted by atomic mass is 10.2. The van der Waals surface area contributed by atoms with Crippen LogP contribution in [-0.4, -0.2) is 16.1 Å². The van der Waals surface area contributed by atoms with Crippen LogP contribution in [0.15, 0.2) is 23.1 Å². The normalized spacial score (nSPS) is 13.4. The number of nitro benzene ring substituents is 1. The van der Waals surface area contributed by atoms with Gasteiger partial charge in [-0.3, -0.25) is 10.1 Å². The third-order valence-electron chi connectivity index (χ3n) is 2.02. The smallest absolute Gasteiger partial charge is 0.258 e. The number of alkyl halides is 4. The predicted octanol–water partition coefficient (Wildman–Crippen LogP) is 4.33. The van der Waals surface area contributed by atoms with Gasteiger partial charge < -0.3 is 0 Å². The lowest BCUT2D eigenvalue weighted by Gasteiger charge is -2.14. The van der Waals surface area contributed by atoms with E-state index < -0.39 is 22.4 Å². The highest BCUT2D eigenvalue weighted by Crippen LogP contribution is 2.40. The van der Waals surface area contributed by atoms with Gasteiger partial charge in [0.1, 0.15) is 0 Å². The molecule has 0 saturated heterocycles. The second kappa shape index (κ2) is 5.79. The van der Waals surface area contributed by atoms with E-state index in [1.54, 1.807) is 6.92 Å². The SMILES string of the molecule is CC(CCl)Sc1ccc([N+](=O)[O-])cc1C(F)(F)F. The van der Waals surface area contributed by atoms with E-state index in [1.165, 1.54) is 0 Å². The quantitative estimate of drug-likeness (QED) is 0.360. The van der Waals surface area contributed by atoms with Gasteiger partial charge in [-0.2, -0.15) is 13.2 Å². The van der Waals surface area contributed by atoms with Gasteiger partial charge in [-0.25, -0.2) is 0 Å². The summed E-state index contributed by atoms with van der Waals surface area (Å²) < 4.78 is 38.3. The van der Waals surface area contributed by atoms with Crippen LogP contribution in [0.25, 0.3) is 0 Å². The van der Waals surface area contributed by atoms with Crippen molar-refractivity contribution >= 4 is 29.1 Å². The topological polar surface area (TPSA) is 43.1 Å². The summed E-state index contributed by atoms with van der Waals surface area (Å²) >= 11 is 6.48. The van der Waals surface area contributed by atoms with Gasteiger partial charge in [-0.05, 0) is 6.07 Å². The monoisotopic (exact) mass is 299 g/mol. The molecule has 0 aromatic heterocycles. The van der Waals surface area contributed by atoms with Gasteiger partial charge in [-0.1, -0.05) is 6.92 Å². The highest BCUT2D eigenvalue weighted by molar-refractivity contribution is 8.00. The minimum absolute atomic E-state index is 0.0544. The minimum Gasteiger partial charge on any atom is -0.258 e. The van der Waals surface area contributed by atoms with Crippen LogP contribution in [0, 0.1) is 10.1 Å². The van der Waals surface area contributed by atoms with Gasteiger partial charge in [0.2, 0.25) is 0 Å². The molecule has 0 aliphatic heterocycles. The fraction of sp³-hybridized carbons (Fsp3) is 0.400. The molecule has 0 aliphatic carbocycles. The Bertz CT molecular complexity index is 453. The van der Waals surface area contributed by atoms with Crippen molar-refractivity contribution in [2.24, 2.45) is 0 Å². The number of halogens is 4. The highest BCUT2D eigenvalue weighted by Gasteiger charge is 2.35. The summed E-state index contributed by atoms with van der Waals surface area (Å²) in [5.74, 6) is 0.193. The van der Waals surface area contributed by atoms with Crippen LogP contribution in [0.1, 0.15) is 12.5 Å². The van der Waals surface area contributed by atoms with Gasteiger partial charge in [0, 0.05) is 28.2 Å². The Morgan fingerprint density at radius 1 is 1.50 bits per heavy atom. The molecule has 0 fully saturated rings. The summed E-state index contributed by atoms with van der Waals surface area (Å²) in [7, 11) is 0. The Hall–Kier alpha value is -0.950. The molecule has 1 aromatic carbocycles. The van der Waals surface area contributed by atoms with Crippen molar-refractivity contribution in [3.8, 4) is 0 Å². The number of rotatable bonds is 4. The van der Waals surface area contributed by atoms with Gasteiger partial charge in [0.15, 0.2) is 0 Å². The molecule has 0 aliphatic rings. The number of hydrogen-bond acceptors (Lipinski definition) is 3. The van der Waals surface area contributed by atoms with Crippen molar-refractivity contribution in [3.05, 3.63) is 33.9 Å². The molecule has 0 bridgehead atoms. The van der Waals surface area contributed by atoms with Gasteiger partial charge in [-0.15, -0.1) is 23.4 Å². The molecule has 0 radical (unpaired) electrons. The van der Waals surface area contributed by atoms with Crippen molar-refractivity contribution in [3.63, 3.8) is 0 Å². The number of benzene rings is 1. The Balaban J connectivity index is 3.21. The van der Waals surface area contributed by atoms with Crippen LogP contribution < -0.4 is 0 Å².